The lowest BCUT2D eigenvalue weighted by molar-refractivity contribution is -0.102. The lowest BCUT2D eigenvalue weighted by atomic mass is 9.66. The number of benzene rings is 1. The van der Waals surface area contributed by atoms with Crippen LogP contribution in [0.25, 0.3) is 0 Å². The number of likely N-dealkylation sites (tertiary alicyclic amines) is 1. The van der Waals surface area contributed by atoms with Crippen molar-refractivity contribution in [2.24, 2.45) is 5.92 Å². The molecule has 1 unspecified atom stereocenters. The fraction of sp³-hybridized carbons (Fsp3) is 0.600. The Morgan fingerprint density at radius 3 is 2.56 bits per heavy atom. The molecule has 0 spiro atoms. The van der Waals surface area contributed by atoms with E-state index in [0.717, 1.165) is 18.9 Å². The average molecular weight is 246 g/mol. The van der Waals surface area contributed by atoms with E-state index in [1.807, 2.05) is 12.1 Å². The molecule has 18 heavy (non-hydrogen) atoms. The highest BCUT2D eigenvalue weighted by Gasteiger charge is 2.47. The zero-order valence-corrected chi connectivity index (χ0v) is 11.1. The fourth-order valence-electron chi connectivity index (χ4n) is 3.39. The maximum Gasteiger partial charge on any atom is 0.0588 e. The third-order valence-electron chi connectivity index (χ3n) is 4.61. The van der Waals surface area contributed by atoms with Crippen molar-refractivity contribution in [3.63, 3.8) is 0 Å². The summed E-state index contributed by atoms with van der Waals surface area (Å²) in [5, 5.41) is 0. The van der Waals surface area contributed by atoms with Crippen LogP contribution in [0.1, 0.15) is 18.4 Å². The molecule has 0 radical (unpaired) electrons. The van der Waals surface area contributed by atoms with E-state index in [1.54, 1.807) is 0 Å². The summed E-state index contributed by atoms with van der Waals surface area (Å²) in [5.41, 5.74) is 8.28. The molecule has 0 amide bonds. The first-order valence-corrected chi connectivity index (χ1v) is 6.83. The van der Waals surface area contributed by atoms with Gasteiger partial charge in [0.15, 0.2) is 0 Å². The van der Waals surface area contributed by atoms with Crippen LogP contribution in [-0.4, -0.2) is 38.3 Å². The van der Waals surface area contributed by atoms with E-state index in [0.29, 0.717) is 5.92 Å². The number of nitrogens with zero attached hydrogens (tertiary/aromatic N) is 1. The number of piperidine rings is 1. The van der Waals surface area contributed by atoms with E-state index in [1.165, 1.54) is 31.5 Å². The summed E-state index contributed by atoms with van der Waals surface area (Å²) >= 11 is 0. The Kier molecular flexibility index (Phi) is 3.04. The molecule has 1 atom stereocenters. The topological polar surface area (TPSA) is 38.5 Å². The lowest BCUT2D eigenvalue weighted by Gasteiger charge is -2.50. The van der Waals surface area contributed by atoms with Gasteiger partial charge < -0.3 is 15.4 Å². The minimum Gasteiger partial charge on any atom is -0.399 e. The van der Waals surface area contributed by atoms with Gasteiger partial charge in [0.25, 0.3) is 0 Å². The van der Waals surface area contributed by atoms with Gasteiger partial charge in [-0.1, -0.05) is 12.1 Å². The summed E-state index contributed by atoms with van der Waals surface area (Å²) in [6, 6.07) is 8.41. The smallest absolute Gasteiger partial charge is 0.0588 e. The van der Waals surface area contributed by atoms with Crippen LogP contribution in [0, 0.1) is 5.92 Å². The van der Waals surface area contributed by atoms with E-state index in [9.17, 15) is 0 Å². The Balaban J connectivity index is 1.87. The second-order valence-electron chi connectivity index (χ2n) is 5.87. The summed E-state index contributed by atoms with van der Waals surface area (Å²) in [6.07, 6.45) is 2.62. The van der Waals surface area contributed by atoms with Gasteiger partial charge in [0.05, 0.1) is 13.2 Å². The molecule has 3 heteroatoms. The molecule has 2 aliphatic heterocycles. The van der Waals surface area contributed by atoms with Crippen LogP contribution in [0.3, 0.4) is 0 Å². The third-order valence-corrected chi connectivity index (χ3v) is 4.61. The molecule has 0 bridgehead atoms. The molecule has 2 saturated heterocycles. The summed E-state index contributed by atoms with van der Waals surface area (Å²) < 4.78 is 5.56. The Morgan fingerprint density at radius 1 is 1.28 bits per heavy atom. The Bertz CT molecular complexity index is 411. The van der Waals surface area contributed by atoms with E-state index >= 15 is 0 Å². The highest BCUT2D eigenvalue weighted by molar-refractivity contribution is 5.42. The molecule has 0 aliphatic carbocycles. The number of anilines is 1. The van der Waals surface area contributed by atoms with Crippen LogP contribution in [0.2, 0.25) is 0 Å². The summed E-state index contributed by atoms with van der Waals surface area (Å²) in [7, 11) is 2.22. The molecule has 0 aromatic heterocycles. The SMILES string of the molecule is CN1CCCC(C2(c3ccc(N)cc3)COC2)C1. The van der Waals surface area contributed by atoms with Crippen molar-refractivity contribution in [2.75, 3.05) is 39.1 Å². The molecule has 2 fully saturated rings. The summed E-state index contributed by atoms with van der Waals surface area (Å²) in [4.78, 5) is 2.45. The molecular weight excluding hydrogens is 224 g/mol. The predicted molar refractivity (Wildman–Crippen MR) is 73.6 cm³/mol. The van der Waals surface area contributed by atoms with Gasteiger partial charge in [-0.3, -0.25) is 0 Å². The predicted octanol–water partition coefficient (Wildman–Crippen LogP) is 1.88. The van der Waals surface area contributed by atoms with Crippen LogP contribution in [0.4, 0.5) is 5.69 Å². The number of ether oxygens (including phenoxy) is 1. The van der Waals surface area contributed by atoms with E-state index in [-0.39, 0.29) is 5.41 Å². The highest BCUT2D eigenvalue weighted by atomic mass is 16.5. The number of hydrogen-bond donors (Lipinski definition) is 1. The lowest BCUT2D eigenvalue weighted by Crippen LogP contribution is -2.56. The molecule has 1 aromatic carbocycles. The van der Waals surface area contributed by atoms with Crippen molar-refractivity contribution < 1.29 is 4.74 Å². The van der Waals surface area contributed by atoms with Crippen LogP contribution in [0.5, 0.6) is 0 Å². The van der Waals surface area contributed by atoms with E-state index < -0.39 is 0 Å². The Morgan fingerprint density at radius 2 is 2.00 bits per heavy atom. The number of nitrogens with two attached hydrogens (primary N) is 1. The number of nitrogen functional groups attached to an aromatic ring is 1. The van der Waals surface area contributed by atoms with Gasteiger partial charge >= 0.3 is 0 Å². The van der Waals surface area contributed by atoms with Gasteiger partial charge in [-0.2, -0.15) is 0 Å². The van der Waals surface area contributed by atoms with Gasteiger partial charge in [0.1, 0.15) is 0 Å². The highest BCUT2D eigenvalue weighted by Crippen LogP contribution is 2.43. The van der Waals surface area contributed by atoms with Crippen LogP contribution < -0.4 is 5.73 Å². The van der Waals surface area contributed by atoms with Gasteiger partial charge in [0, 0.05) is 17.6 Å². The minimum atomic E-state index is 0.238. The second-order valence-corrected chi connectivity index (χ2v) is 5.87. The van der Waals surface area contributed by atoms with E-state index in [4.69, 9.17) is 10.5 Å². The maximum absolute atomic E-state index is 5.79. The van der Waals surface area contributed by atoms with E-state index in [2.05, 4.69) is 24.1 Å². The standard InChI is InChI=1S/C15H22N2O/c1-17-8-2-3-13(9-17)15(10-18-11-15)12-4-6-14(16)7-5-12/h4-7,13H,2-3,8-11,16H2,1H3. The third kappa shape index (κ3) is 1.91. The van der Waals surface area contributed by atoms with Gasteiger partial charge in [-0.05, 0) is 50.0 Å². The fourth-order valence-corrected chi connectivity index (χ4v) is 3.39. The molecular formula is C15H22N2O. The first kappa shape index (κ1) is 12.0. The summed E-state index contributed by atoms with van der Waals surface area (Å²) in [6.45, 7) is 4.16. The first-order valence-electron chi connectivity index (χ1n) is 6.83. The van der Waals surface area contributed by atoms with Crippen molar-refractivity contribution in [2.45, 2.75) is 18.3 Å². The first-order chi connectivity index (χ1) is 8.71. The quantitative estimate of drug-likeness (QED) is 0.810. The maximum atomic E-state index is 5.79. The molecule has 1 aromatic rings. The molecule has 3 rings (SSSR count). The normalized spacial score (nSPS) is 27.7. The molecule has 2 heterocycles. The van der Waals surface area contributed by atoms with Gasteiger partial charge in [-0.25, -0.2) is 0 Å². The zero-order chi connectivity index (χ0) is 12.6. The Labute approximate surface area is 109 Å². The van der Waals surface area contributed by atoms with Crippen molar-refractivity contribution in [1.29, 1.82) is 0 Å². The second kappa shape index (κ2) is 4.56. The van der Waals surface area contributed by atoms with Crippen LogP contribution in [-0.2, 0) is 10.2 Å². The number of rotatable bonds is 2. The average Bonchev–Trinajstić information content (AvgIpc) is 2.30. The van der Waals surface area contributed by atoms with Crippen LogP contribution in [0.15, 0.2) is 24.3 Å². The zero-order valence-electron chi connectivity index (χ0n) is 11.1. The Hall–Kier alpha value is -1.06. The minimum absolute atomic E-state index is 0.238. The van der Waals surface area contributed by atoms with Gasteiger partial charge in [0.2, 0.25) is 0 Å². The van der Waals surface area contributed by atoms with Crippen molar-refractivity contribution in [1.82, 2.24) is 4.90 Å². The largest absolute Gasteiger partial charge is 0.399 e. The van der Waals surface area contributed by atoms with Crippen LogP contribution >= 0.6 is 0 Å². The molecule has 2 aliphatic rings. The molecule has 2 N–H and O–H groups in total. The van der Waals surface area contributed by atoms with Crippen molar-refractivity contribution in [3.05, 3.63) is 29.8 Å². The monoisotopic (exact) mass is 246 g/mol. The van der Waals surface area contributed by atoms with Gasteiger partial charge in [-0.15, -0.1) is 0 Å². The number of hydrogen-bond acceptors (Lipinski definition) is 3. The van der Waals surface area contributed by atoms with Crippen molar-refractivity contribution in [3.8, 4) is 0 Å². The molecule has 3 nitrogen and oxygen atoms in total. The molecule has 98 valence electrons. The summed E-state index contributed by atoms with van der Waals surface area (Å²) in [5.74, 6) is 0.716. The molecule has 0 saturated carbocycles. The van der Waals surface area contributed by atoms with Crippen molar-refractivity contribution >= 4 is 5.69 Å².